The third-order valence-corrected chi connectivity index (χ3v) is 2.49. The normalized spacial score (nSPS) is 10.5. The second-order valence-corrected chi connectivity index (χ2v) is 3.50. The van der Waals surface area contributed by atoms with E-state index >= 15 is 0 Å². The maximum absolute atomic E-state index is 11.1. The van der Waals surface area contributed by atoms with Gasteiger partial charge >= 0.3 is 0 Å². The van der Waals surface area contributed by atoms with E-state index in [-0.39, 0.29) is 11.3 Å². The molecule has 3 N–H and O–H groups in total. The van der Waals surface area contributed by atoms with E-state index in [1.807, 2.05) is 25.1 Å². The van der Waals surface area contributed by atoms with Crippen molar-refractivity contribution in [2.24, 2.45) is 5.73 Å². The second-order valence-electron chi connectivity index (χ2n) is 3.50. The van der Waals surface area contributed by atoms with E-state index in [9.17, 15) is 9.90 Å². The summed E-state index contributed by atoms with van der Waals surface area (Å²) in [6.07, 6.45) is 0. The predicted molar refractivity (Wildman–Crippen MR) is 58.9 cm³/mol. The average Bonchev–Trinajstić information content (AvgIpc) is 2.23. The molecule has 0 spiro atoms. The summed E-state index contributed by atoms with van der Waals surface area (Å²) in [4.78, 5) is 11.1. The van der Waals surface area contributed by atoms with E-state index in [0.717, 1.165) is 10.9 Å². The van der Waals surface area contributed by atoms with Gasteiger partial charge in [-0.2, -0.15) is 0 Å². The molecular weight excluding hydrogens is 190 g/mol. The zero-order valence-electron chi connectivity index (χ0n) is 8.32. The largest absolute Gasteiger partial charge is 0.506 e. The van der Waals surface area contributed by atoms with Crippen molar-refractivity contribution in [1.82, 2.24) is 0 Å². The van der Waals surface area contributed by atoms with Crippen molar-refractivity contribution in [3.63, 3.8) is 0 Å². The molecule has 1 amide bonds. The van der Waals surface area contributed by atoms with Gasteiger partial charge in [-0.3, -0.25) is 4.79 Å². The molecule has 2 aromatic carbocycles. The Hall–Kier alpha value is -2.03. The number of benzene rings is 2. The Balaban J connectivity index is 2.90. The van der Waals surface area contributed by atoms with Crippen LogP contribution in [0.3, 0.4) is 0 Å². The third kappa shape index (κ3) is 1.42. The molecule has 0 aliphatic heterocycles. The predicted octanol–water partition coefficient (Wildman–Crippen LogP) is 1.95. The molecule has 0 saturated heterocycles. The van der Waals surface area contributed by atoms with Crippen molar-refractivity contribution in [2.75, 3.05) is 0 Å². The van der Waals surface area contributed by atoms with E-state index in [1.165, 1.54) is 0 Å². The fourth-order valence-electron chi connectivity index (χ4n) is 1.73. The minimum atomic E-state index is -0.610. The van der Waals surface area contributed by atoms with E-state index in [2.05, 4.69) is 0 Å². The summed E-state index contributed by atoms with van der Waals surface area (Å²) >= 11 is 0. The van der Waals surface area contributed by atoms with Gasteiger partial charge in [0.15, 0.2) is 0 Å². The highest BCUT2D eigenvalue weighted by Gasteiger charge is 2.12. The Morgan fingerprint density at radius 3 is 2.47 bits per heavy atom. The van der Waals surface area contributed by atoms with Crippen molar-refractivity contribution in [2.45, 2.75) is 6.92 Å². The van der Waals surface area contributed by atoms with Crippen LogP contribution in [0.25, 0.3) is 10.8 Å². The van der Waals surface area contributed by atoms with Crippen LogP contribution in [0.15, 0.2) is 30.3 Å². The molecule has 2 rings (SSSR count). The van der Waals surface area contributed by atoms with Crippen LogP contribution in [-0.4, -0.2) is 11.0 Å². The summed E-state index contributed by atoms with van der Waals surface area (Å²) in [5.41, 5.74) is 6.28. The Bertz CT molecular complexity index is 547. The third-order valence-electron chi connectivity index (χ3n) is 2.49. The standard InChI is InChI=1S/C12H11NO2/c1-7-6-10(12(13)15)11(14)9-5-3-2-4-8(7)9/h2-6,14H,1H3,(H2,13,15). The molecule has 3 nitrogen and oxygen atoms in total. The quantitative estimate of drug-likeness (QED) is 0.740. The molecule has 0 atom stereocenters. The fraction of sp³-hybridized carbons (Fsp3) is 0.0833. The van der Waals surface area contributed by atoms with E-state index in [4.69, 9.17) is 5.73 Å². The summed E-state index contributed by atoms with van der Waals surface area (Å²) in [7, 11) is 0. The van der Waals surface area contributed by atoms with Gasteiger partial charge in [-0.05, 0) is 23.9 Å². The van der Waals surface area contributed by atoms with Crippen LogP contribution in [0.4, 0.5) is 0 Å². The molecule has 0 radical (unpaired) electrons. The lowest BCUT2D eigenvalue weighted by Gasteiger charge is -2.07. The highest BCUT2D eigenvalue weighted by atomic mass is 16.3. The average molecular weight is 201 g/mol. The lowest BCUT2D eigenvalue weighted by atomic mass is 10.00. The summed E-state index contributed by atoms with van der Waals surface area (Å²) in [5.74, 6) is -0.648. The SMILES string of the molecule is Cc1cc(C(N)=O)c(O)c2ccccc12. The van der Waals surface area contributed by atoms with Crippen LogP contribution in [0.2, 0.25) is 0 Å². The molecule has 0 unspecified atom stereocenters. The van der Waals surface area contributed by atoms with E-state index in [1.54, 1.807) is 12.1 Å². The minimum Gasteiger partial charge on any atom is -0.506 e. The van der Waals surface area contributed by atoms with Gasteiger partial charge < -0.3 is 10.8 Å². The number of phenols is 1. The van der Waals surface area contributed by atoms with Crippen LogP contribution in [0.1, 0.15) is 15.9 Å². The summed E-state index contributed by atoms with van der Waals surface area (Å²) < 4.78 is 0. The van der Waals surface area contributed by atoms with Crippen molar-refractivity contribution < 1.29 is 9.90 Å². The number of nitrogens with two attached hydrogens (primary N) is 1. The maximum Gasteiger partial charge on any atom is 0.252 e. The number of aromatic hydroxyl groups is 1. The van der Waals surface area contributed by atoms with Gasteiger partial charge in [-0.25, -0.2) is 0 Å². The second kappa shape index (κ2) is 3.28. The van der Waals surface area contributed by atoms with Crippen LogP contribution < -0.4 is 5.73 Å². The molecule has 0 aliphatic rings. The molecule has 0 aliphatic carbocycles. The molecule has 3 heteroatoms. The molecule has 76 valence electrons. The number of fused-ring (bicyclic) bond motifs is 1. The van der Waals surface area contributed by atoms with Gasteiger partial charge in [0.05, 0.1) is 5.56 Å². The molecule has 15 heavy (non-hydrogen) atoms. The molecule has 0 bridgehead atoms. The maximum atomic E-state index is 11.1. The smallest absolute Gasteiger partial charge is 0.252 e. The Morgan fingerprint density at radius 1 is 1.27 bits per heavy atom. The molecule has 0 fully saturated rings. The van der Waals surface area contributed by atoms with Gasteiger partial charge in [0.2, 0.25) is 0 Å². The van der Waals surface area contributed by atoms with E-state index in [0.29, 0.717) is 5.39 Å². The number of hydrogen-bond donors (Lipinski definition) is 2. The van der Waals surface area contributed by atoms with Gasteiger partial charge in [0.25, 0.3) is 5.91 Å². The van der Waals surface area contributed by atoms with Gasteiger partial charge in [0, 0.05) is 5.39 Å². The van der Waals surface area contributed by atoms with Crippen molar-refractivity contribution in [3.8, 4) is 5.75 Å². The lowest BCUT2D eigenvalue weighted by Crippen LogP contribution is -2.11. The van der Waals surface area contributed by atoms with Crippen molar-refractivity contribution in [3.05, 3.63) is 41.5 Å². The molecule has 2 aromatic rings. The van der Waals surface area contributed by atoms with Crippen LogP contribution >= 0.6 is 0 Å². The highest BCUT2D eigenvalue weighted by Crippen LogP contribution is 2.30. The number of hydrogen-bond acceptors (Lipinski definition) is 2. The Labute approximate surface area is 87.1 Å². The zero-order chi connectivity index (χ0) is 11.0. The number of aryl methyl sites for hydroxylation is 1. The highest BCUT2D eigenvalue weighted by molar-refractivity contribution is 6.03. The first-order chi connectivity index (χ1) is 7.11. The molecule has 0 aromatic heterocycles. The molecule has 0 heterocycles. The van der Waals surface area contributed by atoms with Crippen molar-refractivity contribution in [1.29, 1.82) is 0 Å². The zero-order valence-corrected chi connectivity index (χ0v) is 8.32. The number of carbonyl (C=O) groups is 1. The van der Waals surface area contributed by atoms with Gasteiger partial charge in [-0.15, -0.1) is 0 Å². The van der Waals surface area contributed by atoms with Crippen LogP contribution in [0.5, 0.6) is 5.75 Å². The Morgan fingerprint density at radius 2 is 1.87 bits per heavy atom. The topological polar surface area (TPSA) is 63.3 Å². The minimum absolute atomic E-state index is 0.0382. The van der Waals surface area contributed by atoms with E-state index < -0.39 is 5.91 Å². The first-order valence-corrected chi connectivity index (χ1v) is 4.62. The van der Waals surface area contributed by atoms with Gasteiger partial charge in [0.1, 0.15) is 5.75 Å². The Kier molecular flexibility index (Phi) is 2.08. The van der Waals surface area contributed by atoms with Gasteiger partial charge in [-0.1, -0.05) is 24.3 Å². The summed E-state index contributed by atoms with van der Waals surface area (Å²) in [5, 5.41) is 11.4. The number of rotatable bonds is 1. The van der Waals surface area contributed by atoms with Crippen LogP contribution in [0, 0.1) is 6.92 Å². The number of amides is 1. The number of carbonyl (C=O) groups excluding carboxylic acids is 1. The first kappa shape index (κ1) is 9.52. The fourth-order valence-corrected chi connectivity index (χ4v) is 1.73. The monoisotopic (exact) mass is 201 g/mol. The van der Waals surface area contributed by atoms with Crippen LogP contribution in [-0.2, 0) is 0 Å². The molecule has 0 saturated carbocycles. The summed E-state index contributed by atoms with van der Waals surface area (Å²) in [6, 6.07) is 8.98. The summed E-state index contributed by atoms with van der Waals surface area (Å²) in [6.45, 7) is 1.88. The number of primary amides is 1. The first-order valence-electron chi connectivity index (χ1n) is 4.62. The lowest BCUT2D eigenvalue weighted by molar-refractivity contribution is 0.0998. The molecular formula is C12H11NO2. The van der Waals surface area contributed by atoms with Crippen molar-refractivity contribution >= 4 is 16.7 Å².